The Balaban J connectivity index is 1.39. The Morgan fingerprint density at radius 3 is 2.20 bits per heavy atom. The number of hydrogen-bond acceptors (Lipinski definition) is 5. The Hall–Kier alpha value is -3.39. The van der Waals surface area contributed by atoms with Crippen molar-refractivity contribution in [1.29, 1.82) is 0 Å². The van der Waals surface area contributed by atoms with E-state index in [1.165, 1.54) is 0 Å². The molecular formula is C27H32N2O6. The van der Waals surface area contributed by atoms with E-state index in [9.17, 15) is 14.4 Å². The van der Waals surface area contributed by atoms with Gasteiger partial charge in [-0.15, -0.1) is 0 Å². The number of amides is 2. The number of hydrogen-bond donors (Lipinski definition) is 3. The third-order valence-electron chi connectivity index (χ3n) is 6.87. The van der Waals surface area contributed by atoms with Gasteiger partial charge in [0, 0.05) is 19.1 Å². The number of fused-ring (bicyclic) bond motifs is 3. The van der Waals surface area contributed by atoms with E-state index in [2.05, 4.69) is 34.9 Å². The van der Waals surface area contributed by atoms with Gasteiger partial charge in [-0.2, -0.15) is 0 Å². The highest BCUT2D eigenvalue weighted by Gasteiger charge is 2.43. The fourth-order valence-corrected chi connectivity index (χ4v) is 5.21. The van der Waals surface area contributed by atoms with E-state index in [1.54, 1.807) is 6.92 Å². The van der Waals surface area contributed by atoms with Gasteiger partial charge in [0.25, 0.3) is 0 Å². The number of nitrogens with one attached hydrogen (secondary N) is 2. The highest BCUT2D eigenvalue weighted by atomic mass is 16.5. The zero-order valence-electron chi connectivity index (χ0n) is 19.9. The second-order valence-electron chi connectivity index (χ2n) is 9.12. The van der Waals surface area contributed by atoms with E-state index in [-0.39, 0.29) is 31.4 Å². The zero-order chi connectivity index (χ0) is 24.8. The number of rotatable bonds is 10. The first-order chi connectivity index (χ1) is 16.9. The lowest BCUT2D eigenvalue weighted by Gasteiger charge is -2.29. The van der Waals surface area contributed by atoms with E-state index in [4.69, 9.17) is 14.6 Å². The summed E-state index contributed by atoms with van der Waals surface area (Å²) in [6.07, 6.45) is 1.15. The molecule has 1 saturated carbocycles. The third kappa shape index (κ3) is 5.48. The summed E-state index contributed by atoms with van der Waals surface area (Å²) >= 11 is 0. The summed E-state index contributed by atoms with van der Waals surface area (Å²) in [7, 11) is 0. The van der Waals surface area contributed by atoms with Crippen LogP contribution in [-0.2, 0) is 19.1 Å². The highest BCUT2D eigenvalue weighted by Crippen LogP contribution is 2.44. The molecular weight excluding hydrogens is 448 g/mol. The summed E-state index contributed by atoms with van der Waals surface area (Å²) in [5.74, 6) is -1.40. The molecule has 0 saturated heterocycles. The van der Waals surface area contributed by atoms with E-state index in [0.717, 1.165) is 35.1 Å². The summed E-state index contributed by atoms with van der Waals surface area (Å²) in [5, 5.41) is 14.7. The van der Waals surface area contributed by atoms with Crippen molar-refractivity contribution < 1.29 is 29.0 Å². The smallest absolute Gasteiger partial charge is 0.408 e. The number of carboxylic acid groups (broad SMARTS) is 1. The van der Waals surface area contributed by atoms with Crippen LogP contribution in [0.15, 0.2) is 48.5 Å². The minimum absolute atomic E-state index is 0.0626. The number of benzene rings is 2. The Kier molecular flexibility index (Phi) is 7.70. The van der Waals surface area contributed by atoms with Gasteiger partial charge >= 0.3 is 12.1 Å². The van der Waals surface area contributed by atoms with Crippen LogP contribution in [0.1, 0.15) is 56.1 Å². The first-order valence-electron chi connectivity index (χ1n) is 12.2. The summed E-state index contributed by atoms with van der Waals surface area (Å²) in [5.41, 5.74) is 3.47. The molecule has 2 aromatic carbocycles. The van der Waals surface area contributed by atoms with E-state index < -0.39 is 23.7 Å². The monoisotopic (exact) mass is 480 g/mol. The third-order valence-corrected chi connectivity index (χ3v) is 6.87. The van der Waals surface area contributed by atoms with Gasteiger partial charge < -0.3 is 25.2 Å². The fraction of sp³-hybridized carbons (Fsp3) is 0.444. The molecule has 3 N–H and O–H groups in total. The van der Waals surface area contributed by atoms with Gasteiger partial charge in [-0.05, 0) is 42.0 Å². The van der Waals surface area contributed by atoms with E-state index in [1.807, 2.05) is 24.3 Å². The molecule has 0 radical (unpaired) electrons. The predicted octanol–water partition coefficient (Wildman–Crippen LogP) is 3.83. The molecule has 2 aromatic rings. The number of carbonyl (C=O) groups is 3. The molecule has 1 atom stereocenters. The maximum atomic E-state index is 13.1. The summed E-state index contributed by atoms with van der Waals surface area (Å²) < 4.78 is 11.1. The number of aliphatic carboxylic acids is 1. The van der Waals surface area contributed by atoms with Crippen molar-refractivity contribution in [1.82, 2.24) is 10.6 Å². The van der Waals surface area contributed by atoms with Gasteiger partial charge in [-0.25, -0.2) is 4.79 Å². The standard InChI is InChI=1S/C27H32N2O6/c1-2-34-18(15-24(30)31)16-28-25(32)27(13-7-8-14-27)29-26(33)35-17-23-21-11-5-3-9-19(21)20-10-4-6-12-22(20)23/h3-6,9-12,18,23H,2,7-8,13-17H2,1H3,(H,28,32)(H,29,33)(H,30,31). The first-order valence-corrected chi connectivity index (χ1v) is 12.2. The molecule has 2 aliphatic carbocycles. The van der Waals surface area contributed by atoms with Crippen molar-refractivity contribution >= 4 is 18.0 Å². The lowest BCUT2D eigenvalue weighted by Crippen LogP contribution is -2.58. The molecule has 0 heterocycles. The lowest BCUT2D eigenvalue weighted by molar-refractivity contribution is -0.140. The van der Waals surface area contributed by atoms with E-state index >= 15 is 0 Å². The quantitative estimate of drug-likeness (QED) is 0.476. The average Bonchev–Trinajstić information content (AvgIpc) is 3.44. The molecule has 8 nitrogen and oxygen atoms in total. The maximum Gasteiger partial charge on any atom is 0.408 e. The van der Waals surface area contributed by atoms with Gasteiger partial charge in [0.05, 0.1) is 12.5 Å². The van der Waals surface area contributed by atoms with Crippen LogP contribution in [0.5, 0.6) is 0 Å². The van der Waals surface area contributed by atoms with Crippen LogP contribution < -0.4 is 10.6 Å². The molecule has 1 fully saturated rings. The van der Waals surface area contributed by atoms with Gasteiger partial charge in [0.1, 0.15) is 12.1 Å². The van der Waals surface area contributed by atoms with Gasteiger partial charge in [-0.3, -0.25) is 9.59 Å². The van der Waals surface area contributed by atoms with Crippen molar-refractivity contribution in [3.05, 3.63) is 59.7 Å². The van der Waals surface area contributed by atoms with Crippen molar-refractivity contribution in [2.24, 2.45) is 0 Å². The molecule has 1 unspecified atom stereocenters. The number of carbonyl (C=O) groups excluding carboxylic acids is 2. The molecule has 0 bridgehead atoms. The molecule has 0 spiro atoms. The van der Waals surface area contributed by atoms with Crippen molar-refractivity contribution in [2.75, 3.05) is 19.8 Å². The topological polar surface area (TPSA) is 114 Å². The average molecular weight is 481 g/mol. The summed E-state index contributed by atoms with van der Waals surface area (Å²) in [6.45, 7) is 2.35. The highest BCUT2D eigenvalue weighted by molar-refractivity contribution is 5.90. The fourth-order valence-electron chi connectivity index (χ4n) is 5.21. The van der Waals surface area contributed by atoms with Crippen LogP contribution in [0.4, 0.5) is 4.79 Å². The van der Waals surface area contributed by atoms with Crippen LogP contribution in [-0.4, -0.2) is 54.5 Å². The number of ether oxygens (including phenoxy) is 2. The molecule has 35 heavy (non-hydrogen) atoms. The second kappa shape index (κ2) is 10.9. The normalized spacial score (nSPS) is 16.7. The second-order valence-corrected chi connectivity index (χ2v) is 9.12. The first kappa shape index (κ1) is 24.7. The lowest BCUT2D eigenvalue weighted by atomic mass is 9.96. The van der Waals surface area contributed by atoms with Crippen LogP contribution in [0.3, 0.4) is 0 Å². The van der Waals surface area contributed by atoms with Crippen LogP contribution >= 0.6 is 0 Å². The SMILES string of the molecule is CCOC(CNC(=O)C1(NC(=O)OCC2c3ccccc3-c3ccccc32)CCCC1)CC(=O)O. The number of carboxylic acids is 1. The van der Waals surface area contributed by atoms with E-state index in [0.29, 0.717) is 19.4 Å². The van der Waals surface area contributed by atoms with Gasteiger partial charge in [-0.1, -0.05) is 61.4 Å². The Bertz CT molecular complexity index is 1030. The summed E-state index contributed by atoms with van der Waals surface area (Å²) in [4.78, 5) is 37.0. The zero-order valence-corrected chi connectivity index (χ0v) is 19.9. The summed E-state index contributed by atoms with van der Waals surface area (Å²) in [6, 6.07) is 16.2. The Morgan fingerprint density at radius 2 is 1.63 bits per heavy atom. The van der Waals surface area contributed by atoms with Gasteiger partial charge in [0.15, 0.2) is 0 Å². The van der Waals surface area contributed by atoms with Crippen molar-refractivity contribution in [3.8, 4) is 11.1 Å². The van der Waals surface area contributed by atoms with Gasteiger partial charge in [0.2, 0.25) is 5.91 Å². The molecule has 0 aliphatic heterocycles. The van der Waals surface area contributed by atoms with Crippen molar-refractivity contribution in [3.63, 3.8) is 0 Å². The van der Waals surface area contributed by atoms with Crippen LogP contribution in [0, 0.1) is 0 Å². The number of alkyl carbamates (subject to hydrolysis) is 1. The Labute approximate surface area is 205 Å². The molecule has 4 rings (SSSR count). The van der Waals surface area contributed by atoms with Crippen molar-refractivity contribution in [2.45, 2.75) is 56.6 Å². The minimum atomic E-state index is -1.07. The maximum absolute atomic E-state index is 13.1. The Morgan fingerprint density at radius 1 is 1.03 bits per heavy atom. The predicted molar refractivity (Wildman–Crippen MR) is 130 cm³/mol. The molecule has 2 aliphatic rings. The molecule has 2 amide bonds. The molecule has 8 heteroatoms. The van der Waals surface area contributed by atoms with Crippen LogP contribution in [0.25, 0.3) is 11.1 Å². The largest absolute Gasteiger partial charge is 0.481 e. The van der Waals surface area contributed by atoms with Crippen LogP contribution in [0.2, 0.25) is 0 Å². The molecule has 0 aromatic heterocycles. The molecule has 186 valence electrons. The minimum Gasteiger partial charge on any atom is -0.481 e.